The number of benzene rings is 2. The van der Waals surface area contributed by atoms with E-state index in [0.717, 1.165) is 49.3 Å². The lowest BCUT2D eigenvalue weighted by molar-refractivity contribution is 0.0693. The predicted octanol–water partition coefficient (Wildman–Crippen LogP) is 4.00. The zero-order chi connectivity index (χ0) is 19.5. The average Bonchev–Trinajstić information content (AvgIpc) is 3.28. The van der Waals surface area contributed by atoms with E-state index in [2.05, 4.69) is 11.0 Å². The summed E-state index contributed by atoms with van der Waals surface area (Å²) < 4.78 is 0. The van der Waals surface area contributed by atoms with E-state index in [1.54, 1.807) is 12.1 Å². The SMILES string of the molecule is O=C(O)c1ccc(C2CCCN(C(=O)c3ccccc3N3CCCC3)C2)cc1. The van der Waals surface area contributed by atoms with Crippen LogP contribution in [-0.2, 0) is 0 Å². The average molecular weight is 378 g/mol. The summed E-state index contributed by atoms with van der Waals surface area (Å²) in [4.78, 5) is 28.7. The molecule has 0 saturated carbocycles. The fourth-order valence-electron chi connectivity index (χ4n) is 4.39. The maximum Gasteiger partial charge on any atom is 0.335 e. The number of anilines is 1. The van der Waals surface area contributed by atoms with Crippen molar-refractivity contribution < 1.29 is 14.7 Å². The highest BCUT2D eigenvalue weighted by Gasteiger charge is 2.28. The van der Waals surface area contributed by atoms with E-state index in [1.165, 1.54) is 12.8 Å². The number of carbonyl (C=O) groups excluding carboxylic acids is 1. The third-order valence-electron chi connectivity index (χ3n) is 5.92. The lowest BCUT2D eigenvalue weighted by atomic mass is 9.89. The summed E-state index contributed by atoms with van der Waals surface area (Å²) in [5.74, 6) is -0.556. The Morgan fingerprint density at radius 3 is 2.32 bits per heavy atom. The van der Waals surface area contributed by atoms with Crippen LogP contribution in [0.1, 0.15) is 57.9 Å². The molecule has 5 nitrogen and oxygen atoms in total. The van der Waals surface area contributed by atoms with Crippen molar-refractivity contribution in [3.63, 3.8) is 0 Å². The largest absolute Gasteiger partial charge is 0.478 e. The highest BCUT2D eigenvalue weighted by Crippen LogP contribution is 2.30. The van der Waals surface area contributed by atoms with Gasteiger partial charge in [0.1, 0.15) is 0 Å². The Labute approximate surface area is 165 Å². The summed E-state index contributed by atoms with van der Waals surface area (Å²) >= 11 is 0. The first kappa shape index (κ1) is 18.5. The molecule has 28 heavy (non-hydrogen) atoms. The minimum absolute atomic E-state index is 0.106. The first-order chi connectivity index (χ1) is 13.6. The molecule has 2 aliphatic heterocycles. The molecule has 0 aromatic heterocycles. The third-order valence-corrected chi connectivity index (χ3v) is 5.92. The van der Waals surface area contributed by atoms with Gasteiger partial charge in [-0.1, -0.05) is 24.3 Å². The van der Waals surface area contributed by atoms with Gasteiger partial charge in [-0.3, -0.25) is 4.79 Å². The molecule has 5 heteroatoms. The standard InChI is InChI=1S/C23H26N2O3/c26-22(20-7-1-2-8-21(20)24-13-3-4-14-24)25-15-5-6-19(16-25)17-9-11-18(12-10-17)23(27)28/h1-2,7-12,19H,3-6,13-16H2,(H,27,28). The maximum absolute atomic E-state index is 13.3. The number of carboxylic acid groups (broad SMARTS) is 1. The summed E-state index contributed by atoms with van der Waals surface area (Å²) in [6.45, 7) is 3.49. The van der Waals surface area contributed by atoms with Gasteiger partial charge in [0, 0.05) is 37.8 Å². The van der Waals surface area contributed by atoms with E-state index in [1.807, 2.05) is 35.2 Å². The van der Waals surface area contributed by atoms with Crippen LogP contribution in [0.3, 0.4) is 0 Å². The zero-order valence-electron chi connectivity index (χ0n) is 16.0. The number of hydrogen-bond acceptors (Lipinski definition) is 3. The smallest absolute Gasteiger partial charge is 0.335 e. The van der Waals surface area contributed by atoms with Gasteiger partial charge in [-0.05, 0) is 55.5 Å². The van der Waals surface area contributed by atoms with Crippen LogP contribution in [0.15, 0.2) is 48.5 Å². The van der Waals surface area contributed by atoms with E-state index in [0.29, 0.717) is 12.1 Å². The van der Waals surface area contributed by atoms with E-state index in [4.69, 9.17) is 5.11 Å². The fraction of sp³-hybridized carbons (Fsp3) is 0.391. The summed E-state index contributed by atoms with van der Waals surface area (Å²) in [7, 11) is 0. The van der Waals surface area contributed by atoms with E-state index in [-0.39, 0.29) is 11.8 Å². The van der Waals surface area contributed by atoms with Crippen molar-refractivity contribution in [3.05, 3.63) is 65.2 Å². The topological polar surface area (TPSA) is 60.9 Å². The number of hydrogen-bond donors (Lipinski definition) is 1. The zero-order valence-corrected chi connectivity index (χ0v) is 16.0. The van der Waals surface area contributed by atoms with Crippen molar-refractivity contribution in [3.8, 4) is 0 Å². The van der Waals surface area contributed by atoms with Gasteiger partial charge in [-0.15, -0.1) is 0 Å². The second-order valence-electron chi connectivity index (χ2n) is 7.73. The van der Waals surface area contributed by atoms with Crippen LogP contribution in [0.2, 0.25) is 0 Å². The minimum Gasteiger partial charge on any atom is -0.478 e. The highest BCUT2D eigenvalue weighted by atomic mass is 16.4. The molecule has 2 saturated heterocycles. The van der Waals surface area contributed by atoms with Crippen LogP contribution >= 0.6 is 0 Å². The number of carboxylic acids is 1. The van der Waals surface area contributed by atoms with Crippen LogP contribution < -0.4 is 4.90 Å². The van der Waals surface area contributed by atoms with Crippen molar-refractivity contribution in [2.24, 2.45) is 0 Å². The normalized spacial score (nSPS) is 19.6. The predicted molar refractivity (Wildman–Crippen MR) is 109 cm³/mol. The van der Waals surface area contributed by atoms with Crippen molar-refractivity contribution in [1.29, 1.82) is 0 Å². The molecule has 1 amide bonds. The third kappa shape index (κ3) is 3.75. The molecule has 2 aromatic carbocycles. The minimum atomic E-state index is -0.912. The Bertz CT molecular complexity index is 856. The number of para-hydroxylation sites is 1. The van der Waals surface area contributed by atoms with Crippen LogP contribution in [0.4, 0.5) is 5.69 Å². The number of piperidine rings is 1. The molecule has 0 spiro atoms. The molecule has 2 aliphatic rings. The van der Waals surface area contributed by atoms with Crippen LogP contribution in [-0.4, -0.2) is 48.1 Å². The molecule has 2 aromatic rings. The number of amides is 1. The number of aromatic carboxylic acids is 1. The van der Waals surface area contributed by atoms with Gasteiger partial charge in [0.2, 0.25) is 0 Å². The maximum atomic E-state index is 13.3. The molecule has 1 N–H and O–H groups in total. The summed E-state index contributed by atoms with van der Waals surface area (Å²) in [5.41, 5.74) is 3.26. The van der Waals surface area contributed by atoms with Crippen molar-refractivity contribution in [2.75, 3.05) is 31.1 Å². The van der Waals surface area contributed by atoms with Crippen molar-refractivity contribution in [1.82, 2.24) is 4.90 Å². The quantitative estimate of drug-likeness (QED) is 0.873. The van der Waals surface area contributed by atoms with Gasteiger partial charge in [0.05, 0.1) is 11.1 Å². The van der Waals surface area contributed by atoms with Gasteiger partial charge in [0.15, 0.2) is 0 Å². The van der Waals surface area contributed by atoms with Gasteiger partial charge in [-0.2, -0.15) is 0 Å². The second-order valence-corrected chi connectivity index (χ2v) is 7.73. The van der Waals surface area contributed by atoms with Crippen LogP contribution in [0.5, 0.6) is 0 Å². The number of likely N-dealkylation sites (tertiary alicyclic amines) is 1. The summed E-state index contributed by atoms with van der Waals surface area (Å²) in [6, 6.07) is 15.0. The van der Waals surface area contributed by atoms with Crippen molar-refractivity contribution in [2.45, 2.75) is 31.6 Å². The summed E-state index contributed by atoms with van der Waals surface area (Å²) in [6.07, 6.45) is 4.34. The van der Waals surface area contributed by atoms with Gasteiger partial charge < -0.3 is 14.9 Å². The number of rotatable bonds is 4. The number of carbonyl (C=O) groups is 2. The van der Waals surface area contributed by atoms with E-state index < -0.39 is 5.97 Å². The summed E-state index contributed by atoms with van der Waals surface area (Å²) in [5, 5.41) is 9.09. The van der Waals surface area contributed by atoms with E-state index >= 15 is 0 Å². The molecule has 2 fully saturated rings. The van der Waals surface area contributed by atoms with Crippen LogP contribution in [0, 0.1) is 0 Å². The molecular formula is C23H26N2O3. The Kier molecular flexibility index (Phi) is 5.33. The molecule has 0 bridgehead atoms. The fourth-order valence-corrected chi connectivity index (χ4v) is 4.39. The molecule has 0 radical (unpaired) electrons. The lowest BCUT2D eigenvalue weighted by Crippen LogP contribution is -2.39. The highest BCUT2D eigenvalue weighted by molar-refractivity contribution is 6.00. The van der Waals surface area contributed by atoms with Gasteiger partial charge in [0.25, 0.3) is 5.91 Å². The van der Waals surface area contributed by atoms with Gasteiger partial charge in [-0.25, -0.2) is 4.79 Å². The first-order valence-electron chi connectivity index (χ1n) is 10.1. The molecule has 1 unspecified atom stereocenters. The Morgan fingerprint density at radius 1 is 0.893 bits per heavy atom. The molecule has 0 aliphatic carbocycles. The van der Waals surface area contributed by atoms with E-state index in [9.17, 15) is 9.59 Å². The van der Waals surface area contributed by atoms with Crippen LogP contribution in [0.25, 0.3) is 0 Å². The first-order valence-corrected chi connectivity index (χ1v) is 10.1. The second kappa shape index (κ2) is 8.05. The molecule has 146 valence electrons. The molecule has 4 rings (SSSR count). The molecule has 2 heterocycles. The molecule has 1 atom stereocenters. The van der Waals surface area contributed by atoms with Gasteiger partial charge >= 0.3 is 5.97 Å². The number of nitrogens with zero attached hydrogens (tertiary/aromatic N) is 2. The Balaban J connectivity index is 1.52. The lowest BCUT2D eigenvalue weighted by Gasteiger charge is -2.34. The van der Waals surface area contributed by atoms with Crippen molar-refractivity contribution >= 4 is 17.6 Å². The monoisotopic (exact) mass is 378 g/mol. The Morgan fingerprint density at radius 2 is 1.61 bits per heavy atom. The molecular weight excluding hydrogens is 352 g/mol. The Hall–Kier alpha value is -2.82.